The molecule has 0 saturated carbocycles. The Morgan fingerprint density at radius 1 is 0.692 bits per heavy atom. The summed E-state index contributed by atoms with van der Waals surface area (Å²) in [5.74, 6) is 0. The van der Waals surface area contributed by atoms with Gasteiger partial charge in [0.25, 0.3) is 0 Å². The number of hydrogen-bond acceptors (Lipinski definition) is 0. The van der Waals surface area contributed by atoms with E-state index in [1.807, 2.05) is 0 Å². The van der Waals surface area contributed by atoms with Gasteiger partial charge in [0.2, 0.25) is 0 Å². The van der Waals surface area contributed by atoms with Gasteiger partial charge in [-0.3, -0.25) is 0 Å². The molecule has 0 aliphatic carbocycles. The highest BCUT2D eigenvalue weighted by Gasteiger charge is 2.05. The Bertz CT molecular complexity index is 214. The molecule has 74 valence electrons. The van der Waals surface area contributed by atoms with E-state index >= 15 is 0 Å². The maximum atomic E-state index is 5.63. The molecule has 0 aliphatic rings. The summed E-state index contributed by atoms with van der Waals surface area (Å²) in [6.45, 7) is 0. The van der Waals surface area contributed by atoms with Crippen LogP contribution in [0.1, 0.15) is 20.8 Å². The van der Waals surface area contributed by atoms with Gasteiger partial charge < -0.3 is 0 Å². The lowest BCUT2D eigenvalue weighted by Gasteiger charge is -2.04. The lowest BCUT2D eigenvalue weighted by Crippen LogP contribution is -1.84. The average Bonchev–Trinajstić information content (AvgIpc) is 2.04. The van der Waals surface area contributed by atoms with Crippen LogP contribution in [-0.4, -0.2) is 0 Å². The summed E-state index contributed by atoms with van der Waals surface area (Å²) >= 11 is 22.5. The molecule has 0 nitrogen and oxygen atoms in total. The van der Waals surface area contributed by atoms with Gasteiger partial charge in [0.1, 0.15) is 9.67 Å². The molecular weight excluding hydrogens is 273 g/mol. The fourth-order valence-corrected chi connectivity index (χ4v) is 1.37. The number of benzene rings is 1. The Labute approximate surface area is 104 Å². The van der Waals surface area contributed by atoms with Gasteiger partial charge in [0.05, 0.1) is 0 Å². The molecule has 1 rings (SSSR count). The maximum absolute atomic E-state index is 5.63. The first-order valence-corrected chi connectivity index (χ1v) is 5.02. The summed E-state index contributed by atoms with van der Waals surface area (Å²) in [7, 11) is 0. The van der Waals surface area contributed by atoms with E-state index in [0.29, 0.717) is 0 Å². The van der Waals surface area contributed by atoms with Crippen molar-refractivity contribution in [3.05, 3.63) is 35.4 Å². The molecule has 0 atom stereocenters. The van der Waals surface area contributed by atoms with Crippen LogP contribution in [0.3, 0.4) is 0 Å². The Hall–Kier alpha value is 0.670. The first-order valence-electron chi connectivity index (χ1n) is 3.27. The monoisotopic (exact) mass is 278 g/mol. The summed E-state index contributed by atoms with van der Waals surface area (Å²) in [6, 6.07) is 7.21. The minimum Gasteiger partial charge on any atom is -0.147 e. The third-order valence-electron chi connectivity index (χ3n) is 1.44. The molecule has 1 aromatic rings. The van der Waals surface area contributed by atoms with Crippen molar-refractivity contribution >= 4 is 58.8 Å². The van der Waals surface area contributed by atoms with Crippen molar-refractivity contribution in [1.82, 2.24) is 0 Å². The van der Waals surface area contributed by atoms with Crippen LogP contribution in [0.5, 0.6) is 0 Å². The van der Waals surface area contributed by atoms with Crippen molar-refractivity contribution in [2.24, 2.45) is 0 Å². The van der Waals surface area contributed by atoms with Gasteiger partial charge in [-0.15, -0.1) is 58.8 Å². The van der Waals surface area contributed by atoms with Crippen LogP contribution in [0, 0.1) is 0 Å². The zero-order valence-electron chi connectivity index (χ0n) is 6.38. The molecule has 0 spiro atoms. The fraction of sp³-hybridized carbons (Fsp3) is 0.250. The summed E-state index contributed by atoms with van der Waals surface area (Å²) in [5, 5.41) is 0. The second-order valence-corrected chi connectivity index (χ2v) is 4.46. The van der Waals surface area contributed by atoms with Gasteiger partial charge >= 0.3 is 0 Å². The summed E-state index contributed by atoms with van der Waals surface area (Å²) in [4.78, 5) is -0.994. The zero-order valence-corrected chi connectivity index (χ0v) is 10.2. The third kappa shape index (κ3) is 4.14. The molecule has 0 N–H and O–H groups in total. The predicted molar refractivity (Wildman–Crippen MR) is 62.6 cm³/mol. The van der Waals surface area contributed by atoms with Crippen LogP contribution in [-0.2, 0) is 0 Å². The SMILES string of the molecule is Cl.ClC(Cl)c1ccc(C(Cl)Cl)cc1. The Morgan fingerprint density at radius 2 is 0.923 bits per heavy atom. The van der Waals surface area contributed by atoms with E-state index in [1.54, 1.807) is 24.3 Å². The van der Waals surface area contributed by atoms with Crippen LogP contribution in [0.4, 0.5) is 0 Å². The standard InChI is InChI=1S/C8H6Cl4.ClH/c9-7(10)5-1-2-6(4-3-5)8(11)12;/h1-4,7-8H;1H. The second kappa shape index (κ2) is 6.21. The molecule has 0 fully saturated rings. The molecule has 0 bridgehead atoms. The van der Waals surface area contributed by atoms with Gasteiger partial charge in [-0.1, -0.05) is 24.3 Å². The van der Waals surface area contributed by atoms with Crippen molar-refractivity contribution in [1.29, 1.82) is 0 Å². The van der Waals surface area contributed by atoms with E-state index in [0.717, 1.165) is 11.1 Å². The molecule has 0 unspecified atom stereocenters. The van der Waals surface area contributed by atoms with Gasteiger partial charge in [-0.2, -0.15) is 0 Å². The first kappa shape index (κ1) is 13.7. The van der Waals surface area contributed by atoms with Crippen molar-refractivity contribution in [3.63, 3.8) is 0 Å². The van der Waals surface area contributed by atoms with E-state index in [4.69, 9.17) is 46.4 Å². The predicted octanol–water partition coefficient (Wildman–Crippen LogP) is 5.06. The molecule has 1 aromatic carbocycles. The molecule has 0 amide bonds. The number of hydrogen-bond donors (Lipinski definition) is 0. The molecular formula is C8H7Cl5. The van der Waals surface area contributed by atoms with Gasteiger partial charge in [0.15, 0.2) is 0 Å². The van der Waals surface area contributed by atoms with Crippen LogP contribution in [0.25, 0.3) is 0 Å². The van der Waals surface area contributed by atoms with Crippen LogP contribution in [0.15, 0.2) is 24.3 Å². The lowest BCUT2D eigenvalue weighted by atomic mass is 10.2. The van der Waals surface area contributed by atoms with Crippen molar-refractivity contribution < 1.29 is 0 Å². The van der Waals surface area contributed by atoms with E-state index < -0.39 is 9.67 Å². The maximum Gasteiger partial charge on any atom is 0.132 e. The number of halogens is 5. The normalized spacial score (nSPS) is 10.3. The second-order valence-electron chi connectivity index (χ2n) is 2.27. The Kier molecular flexibility index (Phi) is 6.53. The summed E-state index contributed by atoms with van der Waals surface area (Å²) < 4.78 is 0. The number of rotatable bonds is 2. The third-order valence-corrected chi connectivity index (χ3v) is 2.45. The van der Waals surface area contributed by atoms with E-state index in [2.05, 4.69) is 0 Å². The highest BCUT2D eigenvalue weighted by molar-refractivity contribution is 6.44. The summed E-state index contributed by atoms with van der Waals surface area (Å²) in [5.41, 5.74) is 1.69. The molecule has 5 heteroatoms. The van der Waals surface area contributed by atoms with Crippen LogP contribution >= 0.6 is 58.8 Å². The number of alkyl halides is 4. The van der Waals surface area contributed by atoms with Gasteiger partial charge in [-0.25, -0.2) is 0 Å². The topological polar surface area (TPSA) is 0 Å². The highest BCUT2D eigenvalue weighted by Crippen LogP contribution is 2.28. The van der Waals surface area contributed by atoms with Crippen molar-refractivity contribution in [3.8, 4) is 0 Å². The molecule has 0 saturated heterocycles. The average molecular weight is 280 g/mol. The lowest BCUT2D eigenvalue weighted by molar-refractivity contribution is 1.28. The van der Waals surface area contributed by atoms with Gasteiger partial charge in [-0.05, 0) is 11.1 Å². The Morgan fingerprint density at radius 3 is 1.08 bits per heavy atom. The molecule has 13 heavy (non-hydrogen) atoms. The first-order chi connectivity index (χ1) is 5.61. The zero-order chi connectivity index (χ0) is 9.14. The largest absolute Gasteiger partial charge is 0.147 e. The smallest absolute Gasteiger partial charge is 0.132 e. The van der Waals surface area contributed by atoms with Crippen LogP contribution in [0.2, 0.25) is 0 Å². The van der Waals surface area contributed by atoms with Crippen molar-refractivity contribution in [2.75, 3.05) is 0 Å². The minimum absolute atomic E-state index is 0. The van der Waals surface area contributed by atoms with E-state index in [-0.39, 0.29) is 12.4 Å². The van der Waals surface area contributed by atoms with Gasteiger partial charge in [0, 0.05) is 0 Å². The molecule has 0 aliphatic heterocycles. The molecule has 0 radical (unpaired) electrons. The fourth-order valence-electron chi connectivity index (χ4n) is 0.787. The highest BCUT2D eigenvalue weighted by atomic mass is 35.5. The minimum atomic E-state index is -0.497. The Balaban J connectivity index is 0.00000144. The molecule has 0 heterocycles. The van der Waals surface area contributed by atoms with Crippen molar-refractivity contribution in [2.45, 2.75) is 9.67 Å². The van der Waals surface area contributed by atoms with E-state index in [9.17, 15) is 0 Å². The summed E-state index contributed by atoms with van der Waals surface area (Å²) in [6.07, 6.45) is 0. The quantitative estimate of drug-likeness (QED) is 0.664. The van der Waals surface area contributed by atoms with E-state index in [1.165, 1.54) is 0 Å². The molecule has 0 aromatic heterocycles. The van der Waals surface area contributed by atoms with Crippen LogP contribution < -0.4 is 0 Å².